The molecule has 2 aromatic rings. The van der Waals surface area contributed by atoms with Gasteiger partial charge in [0.1, 0.15) is 0 Å². The minimum absolute atomic E-state index is 0.0146. The predicted octanol–water partition coefficient (Wildman–Crippen LogP) is 3.88. The molecule has 4 heteroatoms. The molecule has 0 saturated heterocycles. The SMILES string of the molecule is C=c1ccc2c(c1O)Oc1c(ccc(O)c1O)C=2C1CCCCCCC1. The summed E-state index contributed by atoms with van der Waals surface area (Å²) in [5, 5.41) is 32.1. The summed E-state index contributed by atoms with van der Waals surface area (Å²) in [4.78, 5) is 0. The molecule has 0 atom stereocenters. The molecule has 2 aromatic carbocycles. The van der Waals surface area contributed by atoms with Gasteiger partial charge in [0.2, 0.25) is 5.75 Å². The highest BCUT2D eigenvalue weighted by Crippen LogP contribution is 2.48. The Balaban J connectivity index is 1.99. The average molecular weight is 352 g/mol. The van der Waals surface area contributed by atoms with E-state index in [-0.39, 0.29) is 23.0 Å². The molecule has 0 amide bonds. The van der Waals surface area contributed by atoms with E-state index in [1.54, 1.807) is 12.1 Å². The molecule has 4 nitrogen and oxygen atoms in total. The number of aromatic hydroxyl groups is 3. The summed E-state index contributed by atoms with van der Waals surface area (Å²) in [7, 11) is 0. The van der Waals surface area contributed by atoms with Crippen LogP contribution in [0.25, 0.3) is 12.2 Å². The van der Waals surface area contributed by atoms with Crippen LogP contribution in [0.4, 0.5) is 0 Å². The molecule has 2 aliphatic rings. The lowest BCUT2D eigenvalue weighted by atomic mass is 9.80. The number of phenolic OH excluding ortho intramolecular Hbond substituents is 3. The van der Waals surface area contributed by atoms with Crippen molar-refractivity contribution in [2.24, 2.45) is 5.92 Å². The Morgan fingerprint density at radius 3 is 2.23 bits per heavy atom. The van der Waals surface area contributed by atoms with Crippen molar-refractivity contribution >= 4 is 12.2 Å². The molecule has 1 saturated carbocycles. The summed E-state index contributed by atoms with van der Waals surface area (Å²) in [5.41, 5.74) is 1.89. The van der Waals surface area contributed by atoms with E-state index in [0.717, 1.165) is 29.2 Å². The quantitative estimate of drug-likeness (QED) is 0.681. The first kappa shape index (κ1) is 16.8. The van der Waals surface area contributed by atoms with Gasteiger partial charge in [-0.3, -0.25) is 0 Å². The number of ether oxygens (including phenoxy) is 1. The van der Waals surface area contributed by atoms with Crippen molar-refractivity contribution in [2.45, 2.75) is 44.9 Å². The maximum atomic E-state index is 10.5. The molecule has 1 aliphatic carbocycles. The summed E-state index contributed by atoms with van der Waals surface area (Å²) in [5.74, 6) is 0.341. The minimum Gasteiger partial charge on any atom is -0.504 e. The van der Waals surface area contributed by atoms with Crippen LogP contribution in [-0.4, -0.2) is 15.3 Å². The average Bonchev–Trinajstić information content (AvgIpc) is 2.61. The minimum atomic E-state index is -0.287. The van der Waals surface area contributed by atoms with Crippen LogP contribution in [0.15, 0.2) is 24.3 Å². The molecule has 0 aromatic heterocycles. The lowest BCUT2D eigenvalue weighted by Gasteiger charge is -2.29. The largest absolute Gasteiger partial charge is 0.504 e. The molecule has 1 aliphatic heterocycles. The van der Waals surface area contributed by atoms with Crippen molar-refractivity contribution in [3.63, 3.8) is 0 Å². The zero-order valence-electron chi connectivity index (χ0n) is 14.8. The molecule has 136 valence electrons. The summed E-state index contributed by atoms with van der Waals surface area (Å²) in [6, 6.07) is 7.04. The molecule has 0 unspecified atom stereocenters. The van der Waals surface area contributed by atoms with Crippen molar-refractivity contribution in [3.8, 4) is 28.7 Å². The van der Waals surface area contributed by atoms with Crippen LogP contribution >= 0.6 is 0 Å². The first-order valence-electron chi connectivity index (χ1n) is 9.36. The predicted molar refractivity (Wildman–Crippen MR) is 101 cm³/mol. The Hall–Kier alpha value is -2.62. The Kier molecular flexibility index (Phi) is 4.27. The van der Waals surface area contributed by atoms with Gasteiger partial charge in [0.25, 0.3) is 0 Å². The molecule has 1 fully saturated rings. The maximum Gasteiger partial charge on any atom is 0.201 e. The van der Waals surface area contributed by atoms with Gasteiger partial charge in [0.15, 0.2) is 23.0 Å². The van der Waals surface area contributed by atoms with Gasteiger partial charge in [0, 0.05) is 16.0 Å². The van der Waals surface area contributed by atoms with Crippen LogP contribution in [0.2, 0.25) is 0 Å². The van der Waals surface area contributed by atoms with E-state index in [1.165, 1.54) is 38.2 Å². The van der Waals surface area contributed by atoms with Crippen LogP contribution < -0.4 is 15.2 Å². The number of rotatable bonds is 1. The summed E-state index contributed by atoms with van der Waals surface area (Å²) in [6.45, 7) is 3.84. The van der Waals surface area contributed by atoms with E-state index in [0.29, 0.717) is 16.9 Å². The third-order valence-electron chi connectivity index (χ3n) is 5.62. The van der Waals surface area contributed by atoms with Crippen LogP contribution in [0.5, 0.6) is 28.7 Å². The molecular formula is C22H24O4. The van der Waals surface area contributed by atoms with Crippen LogP contribution in [0, 0.1) is 5.92 Å². The van der Waals surface area contributed by atoms with Gasteiger partial charge in [0.05, 0.1) is 0 Å². The standard InChI is InChI=1S/C22H24O4/c1-13-9-10-15-18(14-7-5-3-2-4-6-8-14)16-11-12-17(23)20(25)22(16)26-21(15)19(13)24/h9-12,14,23-25H,1-8H2. The monoisotopic (exact) mass is 352 g/mol. The van der Waals surface area contributed by atoms with Gasteiger partial charge < -0.3 is 20.1 Å². The first-order chi connectivity index (χ1) is 12.6. The van der Waals surface area contributed by atoms with E-state index in [1.807, 2.05) is 6.07 Å². The fraction of sp³-hybridized carbons (Fsp3) is 0.364. The highest BCUT2D eigenvalue weighted by Gasteiger charge is 2.29. The summed E-state index contributed by atoms with van der Waals surface area (Å²) in [6.07, 6.45) is 8.25. The zero-order valence-corrected chi connectivity index (χ0v) is 14.8. The normalized spacial score (nSPS) is 17.6. The highest BCUT2D eigenvalue weighted by atomic mass is 16.5. The molecule has 26 heavy (non-hydrogen) atoms. The number of fused-ring (bicyclic) bond motifs is 2. The Labute approximate surface area is 152 Å². The van der Waals surface area contributed by atoms with Gasteiger partial charge in [-0.05, 0) is 36.5 Å². The van der Waals surface area contributed by atoms with E-state index >= 15 is 0 Å². The zero-order chi connectivity index (χ0) is 18.3. The molecule has 1 heterocycles. The molecule has 4 rings (SSSR count). The summed E-state index contributed by atoms with van der Waals surface area (Å²) < 4.78 is 5.86. The second kappa shape index (κ2) is 6.60. The van der Waals surface area contributed by atoms with Crippen LogP contribution in [-0.2, 0) is 0 Å². The van der Waals surface area contributed by atoms with E-state index in [4.69, 9.17) is 4.74 Å². The fourth-order valence-electron chi connectivity index (χ4n) is 4.24. The van der Waals surface area contributed by atoms with Crippen molar-refractivity contribution in [3.05, 3.63) is 40.3 Å². The smallest absolute Gasteiger partial charge is 0.201 e. The lowest BCUT2D eigenvalue weighted by molar-refractivity contribution is 0.355. The second-order valence-electron chi connectivity index (χ2n) is 7.32. The van der Waals surface area contributed by atoms with Crippen LogP contribution in [0.1, 0.15) is 50.5 Å². The van der Waals surface area contributed by atoms with Crippen LogP contribution in [0.3, 0.4) is 0 Å². The first-order valence-corrected chi connectivity index (χ1v) is 9.36. The second-order valence-corrected chi connectivity index (χ2v) is 7.32. The molecular weight excluding hydrogens is 328 g/mol. The third-order valence-corrected chi connectivity index (χ3v) is 5.62. The molecule has 3 N–H and O–H groups in total. The molecule has 0 radical (unpaired) electrons. The summed E-state index contributed by atoms with van der Waals surface area (Å²) >= 11 is 0. The van der Waals surface area contributed by atoms with E-state index in [2.05, 4.69) is 6.58 Å². The third kappa shape index (κ3) is 2.70. The lowest BCUT2D eigenvalue weighted by Crippen LogP contribution is -2.24. The number of phenols is 3. The van der Waals surface area contributed by atoms with E-state index < -0.39 is 0 Å². The number of hydrogen-bond donors (Lipinski definition) is 3. The van der Waals surface area contributed by atoms with Gasteiger partial charge in [-0.1, -0.05) is 50.8 Å². The van der Waals surface area contributed by atoms with Gasteiger partial charge in [-0.2, -0.15) is 0 Å². The van der Waals surface area contributed by atoms with Crippen molar-refractivity contribution in [1.82, 2.24) is 0 Å². The Morgan fingerprint density at radius 1 is 0.808 bits per heavy atom. The topological polar surface area (TPSA) is 69.9 Å². The van der Waals surface area contributed by atoms with Crippen molar-refractivity contribution < 1.29 is 20.1 Å². The van der Waals surface area contributed by atoms with Crippen molar-refractivity contribution in [2.75, 3.05) is 0 Å². The van der Waals surface area contributed by atoms with Gasteiger partial charge in [-0.15, -0.1) is 0 Å². The Morgan fingerprint density at radius 2 is 1.50 bits per heavy atom. The molecule has 0 spiro atoms. The molecule has 0 bridgehead atoms. The fourth-order valence-corrected chi connectivity index (χ4v) is 4.24. The maximum absolute atomic E-state index is 10.5. The van der Waals surface area contributed by atoms with Crippen molar-refractivity contribution in [1.29, 1.82) is 0 Å². The highest BCUT2D eigenvalue weighted by molar-refractivity contribution is 5.80. The van der Waals surface area contributed by atoms with Gasteiger partial charge >= 0.3 is 0 Å². The number of hydrogen-bond acceptors (Lipinski definition) is 4. The Bertz CT molecular complexity index is 953. The van der Waals surface area contributed by atoms with Gasteiger partial charge in [-0.25, -0.2) is 0 Å². The van der Waals surface area contributed by atoms with E-state index in [9.17, 15) is 15.3 Å². The number of benzene rings is 2.